The molecular formula is C11H16N4O3. The van der Waals surface area contributed by atoms with E-state index in [1.165, 1.54) is 6.07 Å². The molecule has 0 aromatic heterocycles. The third kappa shape index (κ3) is 1.92. The zero-order valence-electron chi connectivity index (χ0n) is 10.8. The van der Waals surface area contributed by atoms with Crippen LogP contribution < -0.4 is 15.9 Å². The van der Waals surface area contributed by atoms with Gasteiger partial charge in [0.2, 0.25) is 0 Å². The predicted octanol–water partition coefficient (Wildman–Crippen LogP) is 2.51. The summed E-state index contributed by atoms with van der Waals surface area (Å²) in [6.45, 7) is 6.18. The van der Waals surface area contributed by atoms with Crippen molar-refractivity contribution in [1.29, 1.82) is 0 Å². The van der Waals surface area contributed by atoms with Crippen LogP contribution in [0.2, 0.25) is 0 Å². The number of hydrogen-bond acceptors (Lipinski definition) is 6. The quantitative estimate of drug-likeness (QED) is 0.622. The van der Waals surface area contributed by atoms with Crippen molar-refractivity contribution in [2.75, 3.05) is 22.9 Å². The number of anilines is 3. The molecule has 1 aliphatic rings. The number of rotatable bonds is 2. The second kappa shape index (κ2) is 4.02. The number of nitro groups is 1. The summed E-state index contributed by atoms with van der Waals surface area (Å²) in [6.07, 6.45) is 0. The molecule has 7 heteroatoms. The van der Waals surface area contributed by atoms with Gasteiger partial charge in [-0.2, -0.15) is 4.94 Å². The third-order valence-corrected chi connectivity index (χ3v) is 3.03. The third-order valence-electron chi connectivity index (χ3n) is 3.03. The van der Waals surface area contributed by atoms with Crippen LogP contribution in [-0.4, -0.2) is 17.5 Å². The van der Waals surface area contributed by atoms with E-state index >= 15 is 0 Å². The van der Waals surface area contributed by atoms with Gasteiger partial charge in [-0.1, -0.05) is 0 Å². The molecule has 1 aliphatic heterocycles. The van der Waals surface area contributed by atoms with Gasteiger partial charge in [-0.05, 0) is 26.8 Å². The van der Waals surface area contributed by atoms with E-state index in [-0.39, 0.29) is 11.2 Å². The van der Waals surface area contributed by atoms with Crippen molar-refractivity contribution in [2.45, 2.75) is 26.3 Å². The molecule has 0 saturated carbocycles. The Bertz CT molecular complexity index is 496. The Morgan fingerprint density at radius 2 is 1.89 bits per heavy atom. The summed E-state index contributed by atoms with van der Waals surface area (Å²) in [5, 5.41) is 10.9. The molecular weight excluding hydrogens is 236 g/mol. The lowest BCUT2D eigenvalue weighted by Crippen LogP contribution is -2.38. The average molecular weight is 252 g/mol. The number of hydrogen-bond donors (Lipinski definition) is 2. The van der Waals surface area contributed by atoms with Crippen LogP contribution in [-0.2, 0) is 4.94 Å². The van der Waals surface area contributed by atoms with Crippen molar-refractivity contribution in [2.24, 2.45) is 0 Å². The van der Waals surface area contributed by atoms with Gasteiger partial charge in [0.1, 0.15) is 5.69 Å². The number of fused-ring (bicyclic) bond motifs is 1. The second-order valence-corrected chi connectivity index (χ2v) is 5.15. The fraction of sp³-hybridized carbons (Fsp3) is 0.455. The van der Waals surface area contributed by atoms with Crippen LogP contribution in [0.15, 0.2) is 12.1 Å². The van der Waals surface area contributed by atoms with E-state index in [2.05, 4.69) is 31.7 Å². The van der Waals surface area contributed by atoms with E-state index in [9.17, 15) is 10.1 Å². The smallest absolute Gasteiger partial charge is 0.297 e. The number of nitrogens with zero attached hydrogens (tertiary/aromatic N) is 2. The molecule has 1 heterocycles. The Morgan fingerprint density at radius 1 is 1.28 bits per heavy atom. The summed E-state index contributed by atoms with van der Waals surface area (Å²) in [7, 11) is 1.93. The highest BCUT2D eigenvalue weighted by Crippen LogP contribution is 2.44. The minimum absolute atomic E-state index is 0.0129. The first-order chi connectivity index (χ1) is 8.32. The first kappa shape index (κ1) is 12.4. The van der Waals surface area contributed by atoms with E-state index in [4.69, 9.17) is 4.94 Å². The fourth-order valence-electron chi connectivity index (χ4n) is 1.71. The van der Waals surface area contributed by atoms with E-state index in [1.54, 1.807) is 6.07 Å². The van der Waals surface area contributed by atoms with Crippen LogP contribution >= 0.6 is 0 Å². The highest BCUT2D eigenvalue weighted by molar-refractivity contribution is 5.90. The molecule has 1 aromatic carbocycles. The molecule has 2 N–H and O–H groups in total. The van der Waals surface area contributed by atoms with E-state index < -0.39 is 4.92 Å². The summed E-state index contributed by atoms with van der Waals surface area (Å²) in [4.78, 5) is 17.4. The minimum atomic E-state index is -0.441. The van der Waals surface area contributed by atoms with Crippen LogP contribution in [0.25, 0.3) is 0 Å². The van der Waals surface area contributed by atoms with Crippen LogP contribution in [0, 0.1) is 10.1 Å². The van der Waals surface area contributed by atoms with Gasteiger partial charge >= 0.3 is 0 Å². The molecule has 18 heavy (non-hydrogen) atoms. The van der Waals surface area contributed by atoms with Crippen molar-refractivity contribution in [3.63, 3.8) is 0 Å². The Hall–Kier alpha value is -2.02. The lowest BCUT2D eigenvalue weighted by Gasteiger charge is -2.34. The van der Waals surface area contributed by atoms with Gasteiger partial charge in [-0.3, -0.25) is 10.1 Å². The molecule has 0 bridgehead atoms. The molecule has 0 radical (unpaired) electrons. The molecule has 1 aromatic rings. The first-order valence-electron chi connectivity index (χ1n) is 5.55. The molecule has 0 saturated heterocycles. The molecule has 98 valence electrons. The van der Waals surface area contributed by atoms with Crippen molar-refractivity contribution in [3.05, 3.63) is 22.2 Å². The monoisotopic (exact) mass is 252 g/mol. The molecule has 0 fully saturated rings. The van der Waals surface area contributed by atoms with Gasteiger partial charge < -0.3 is 4.90 Å². The fourth-order valence-corrected chi connectivity index (χ4v) is 1.71. The summed E-state index contributed by atoms with van der Waals surface area (Å²) in [5.74, 6) is 0. The maximum Gasteiger partial charge on any atom is 0.297 e. The van der Waals surface area contributed by atoms with Gasteiger partial charge in [0.15, 0.2) is 5.69 Å². The Labute approximate surface area is 105 Å². The van der Waals surface area contributed by atoms with Crippen molar-refractivity contribution in [1.82, 2.24) is 0 Å². The van der Waals surface area contributed by atoms with Gasteiger partial charge in [0, 0.05) is 18.7 Å². The van der Waals surface area contributed by atoms with E-state index in [0.29, 0.717) is 11.4 Å². The van der Waals surface area contributed by atoms with Crippen LogP contribution in [0.4, 0.5) is 22.7 Å². The highest BCUT2D eigenvalue weighted by atomic mass is 16.8. The van der Waals surface area contributed by atoms with Gasteiger partial charge in [-0.15, -0.1) is 0 Å². The van der Waals surface area contributed by atoms with Crippen molar-refractivity contribution in [3.8, 4) is 0 Å². The largest absolute Gasteiger partial charge is 0.368 e. The average Bonchev–Trinajstić information content (AvgIpc) is 2.73. The zero-order chi connectivity index (χ0) is 13.5. The normalized spacial score (nSPS) is 13.6. The standard InChI is InChI=1S/C11H16N4O3/c1-11(2,3)14(4)7-5-6-8(15(16)17)10-9(7)12-18-13-10/h5-6,12-13H,1-4H3. The minimum Gasteiger partial charge on any atom is -0.368 e. The van der Waals surface area contributed by atoms with Crippen LogP contribution in [0.1, 0.15) is 20.8 Å². The Morgan fingerprint density at radius 3 is 2.44 bits per heavy atom. The number of nitro benzene ring substituents is 1. The zero-order valence-corrected chi connectivity index (χ0v) is 10.8. The lowest BCUT2D eigenvalue weighted by molar-refractivity contribution is -0.384. The molecule has 2 rings (SSSR count). The van der Waals surface area contributed by atoms with Crippen molar-refractivity contribution >= 4 is 22.7 Å². The van der Waals surface area contributed by atoms with Crippen LogP contribution in [0.5, 0.6) is 0 Å². The summed E-state index contributed by atoms with van der Waals surface area (Å²) in [5.41, 5.74) is 6.84. The van der Waals surface area contributed by atoms with Crippen molar-refractivity contribution < 1.29 is 9.86 Å². The molecule has 0 aliphatic carbocycles. The maximum absolute atomic E-state index is 10.9. The molecule has 7 nitrogen and oxygen atoms in total. The Balaban J connectivity index is 2.53. The van der Waals surface area contributed by atoms with Gasteiger partial charge in [0.05, 0.1) is 10.6 Å². The van der Waals surface area contributed by atoms with E-state index in [1.807, 2.05) is 11.9 Å². The topological polar surface area (TPSA) is 79.7 Å². The summed E-state index contributed by atoms with van der Waals surface area (Å²) in [6, 6.07) is 3.19. The lowest BCUT2D eigenvalue weighted by atomic mass is 10.0. The molecule has 0 amide bonds. The number of nitrogens with one attached hydrogen (secondary N) is 2. The van der Waals surface area contributed by atoms with Gasteiger partial charge in [-0.25, -0.2) is 11.0 Å². The predicted molar refractivity (Wildman–Crippen MR) is 69.6 cm³/mol. The van der Waals surface area contributed by atoms with Crippen LogP contribution in [0.3, 0.4) is 0 Å². The number of benzene rings is 1. The van der Waals surface area contributed by atoms with E-state index in [0.717, 1.165) is 5.69 Å². The van der Waals surface area contributed by atoms with Gasteiger partial charge in [0.25, 0.3) is 5.69 Å². The second-order valence-electron chi connectivity index (χ2n) is 5.15. The maximum atomic E-state index is 10.9. The molecule has 0 atom stereocenters. The molecule has 0 spiro atoms. The molecule has 0 unspecified atom stereocenters. The SMILES string of the molecule is CN(c1ccc([N+](=O)[O-])c2c1NON2)C(C)(C)C. The highest BCUT2D eigenvalue weighted by Gasteiger charge is 2.29. The first-order valence-corrected chi connectivity index (χ1v) is 5.55. The summed E-state index contributed by atoms with van der Waals surface area (Å²) >= 11 is 0. The summed E-state index contributed by atoms with van der Waals surface area (Å²) < 4.78 is 0. The Kier molecular flexibility index (Phi) is 2.78.